The number of hydrogen-bond donors (Lipinski definition) is 1. The van der Waals surface area contributed by atoms with E-state index in [-0.39, 0.29) is 0 Å². The second-order valence-electron chi connectivity index (χ2n) is 3.88. The van der Waals surface area contributed by atoms with Gasteiger partial charge < -0.3 is 5.11 Å². The van der Waals surface area contributed by atoms with Crippen LogP contribution in [0, 0.1) is 0 Å². The standard InChI is InChI=1S/C13H18OS/c1-11(15)7-3-2-4-10-13(14)12-8-5-6-9-12/h5-6,8-9,14H,2-4,7,10H2,1H3. The van der Waals surface area contributed by atoms with Crippen LogP contribution in [-0.4, -0.2) is 9.97 Å². The van der Waals surface area contributed by atoms with E-state index in [2.05, 4.69) is 0 Å². The van der Waals surface area contributed by atoms with Gasteiger partial charge in [-0.1, -0.05) is 42.9 Å². The minimum absolute atomic E-state index is 0.513. The van der Waals surface area contributed by atoms with Crippen LogP contribution in [0.15, 0.2) is 35.6 Å². The number of hydrogen-bond acceptors (Lipinski definition) is 2. The summed E-state index contributed by atoms with van der Waals surface area (Å²) in [5, 5.41) is 9.71. The molecule has 1 aliphatic rings. The summed E-state index contributed by atoms with van der Waals surface area (Å²) in [4.78, 5) is 1.08. The highest BCUT2D eigenvalue weighted by molar-refractivity contribution is 7.80. The fourth-order valence-electron chi connectivity index (χ4n) is 1.55. The summed E-state index contributed by atoms with van der Waals surface area (Å²) in [7, 11) is 0. The van der Waals surface area contributed by atoms with Gasteiger partial charge in [-0.05, 0) is 31.1 Å². The van der Waals surface area contributed by atoms with Crippen molar-refractivity contribution >= 4 is 17.1 Å². The maximum Gasteiger partial charge on any atom is 0.0994 e. The highest BCUT2D eigenvalue weighted by Gasteiger charge is 2.01. The van der Waals surface area contributed by atoms with Crippen LogP contribution in [0.2, 0.25) is 0 Å². The lowest BCUT2D eigenvalue weighted by atomic mass is 10.1. The maximum atomic E-state index is 9.71. The Kier molecular flexibility index (Phi) is 5.33. The molecule has 0 fully saturated rings. The lowest BCUT2D eigenvalue weighted by Crippen LogP contribution is -1.89. The van der Waals surface area contributed by atoms with E-state index < -0.39 is 0 Å². The molecule has 0 aliphatic heterocycles. The van der Waals surface area contributed by atoms with Crippen molar-refractivity contribution in [1.29, 1.82) is 0 Å². The molecule has 0 saturated carbocycles. The molecule has 0 saturated heterocycles. The zero-order valence-corrected chi connectivity index (χ0v) is 10.0. The SMILES string of the molecule is CC(=S)CCCCCC(O)=C1C=CC=C1. The molecule has 0 aromatic carbocycles. The molecular weight excluding hydrogens is 204 g/mol. The van der Waals surface area contributed by atoms with Gasteiger partial charge in [0.2, 0.25) is 0 Å². The Labute approximate surface area is 97.2 Å². The average molecular weight is 222 g/mol. The number of aliphatic hydroxyl groups excluding tert-OH is 1. The van der Waals surface area contributed by atoms with Crippen molar-refractivity contribution in [3.05, 3.63) is 35.6 Å². The van der Waals surface area contributed by atoms with Crippen LogP contribution >= 0.6 is 12.2 Å². The molecule has 0 atom stereocenters. The Morgan fingerprint density at radius 1 is 1.13 bits per heavy atom. The van der Waals surface area contributed by atoms with Crippen LogP contribution in [0.3, 0.4) is 0 Å². The molecule has 0 unspecified atom stereocenters. The van der Waals surface area contributed by atoms with Gasteiger partial charge in [0, 0.05) is 12.0 Å². The van der Waals surface area contributed by atoms with E-state index in [1.165, 1.54) is 0 Å². The van der Waals surface area contributed by atoms with Gasteiger partial charge in [0.15, 0.2) is 0 Å². The van der Waals surface area contributed by atoms with Crippen LogP contribution in [0.5, 0.6) is 0 Å². The van der Waals surface area contributed by atoms with Crippen molar-refractivity contribution in [2.45, 2.75) is 39.0 Å². The predicted octanol–water partition coefficient (Wildman–Crippen LogP) is 4.26. The van der Waals surface area contributed by atoms with E-state index >= 15 is 0 Å². The van der Waals surface area contributed by atoms with Gasteiger partial charge in [0.25, 0.3) is 0 Å². The number of thiocarbonyl (C=S) groups is 1. The Hall–Kier alpha value is -0.890. The van der Waals surface area contributed by atoms with Crippen molar-refractivity contribution in [2.24, 2.45) is 0 Å². The molecule has 1 N–H and O–H groups in total. The zero-order valence-electron chi connectivity index (χ0n) is 9.20. The lowest BCUT2D eigenvalue weighted by Gasteiger charge is -2.02. The average Bonchev–Trinajstić information content (AvgIpc) is 2.69. The van der Waals surface area contributed by atoms with Gasteiger partial charge in [-0.15, -0.1) is 0 Å². The third-order valence-corrected chi connectivity index (χ3v) is 2.64. The largest absolute Gasteiger partial charge is 0.512 e. The van der Waals surface area contributed by atoms with E-state index in [0.717, 1.165) is 42.5 Å². The van der Waals surface area contributed by atoms with E-state index in [9.17, 15) is 5.11 Å². The third kappa shape index (κ3) is 4.93. The normalized spacial score (nSPS) is 13.5. The smallest absolute Gasteiger partial charge is 0.0994 e. The Morgan fingerprint density at radius 2 is 1.73 bits per heavy atom. The zero-order chi connectivity index (χ0) is 11.1. The molecule has 15 heavy (non-hydrogen) atoms. The Balaban J connectivity index is 2.15. The molecule has 0 amide bonds. The number of aliphatic hydroxyl groups is 1. The van der Waals surface area contributed by atoms with Crippen LogP contribution in [-0.2, 0) is 0 Å². The van der Waals surface area contributed by atoms with Crippen LogP contribution in [0.25, 0.3) is 0 Å². The first-order valence-corrected chi connectivity index (χ1v) is 5.87. The first-order valence-electron chi connectivity index (χ1n) is 5.46. The molecule has 0 heterocycles. The molecule has 0 radical (unpaired) electrons. The molecule has 0 aromatic rings. The molecule has 0 aromatic heterocycles. The van der Waals surface area contributed by atoms with Crippen molar-refractivity contribution in [3.8, 4) is 0 Å². The van der Waals surface area contributed by atoms with Gasteiger partial charge >= 0.3 is 0 Å². The van der Waals surface area contributed by atoms with Crippen LogP contribution in [0.4, 0.5) is 0 Å². The summed E-state index contributed by atoms with van der Waals surface area (Å²) in [5.74, 6) is 0.513. The van der Waals surface area contributed by atoms with E-state index in [1.54, 1.807) is 0 Å². The van der Waals surface area contributed by atoms with Gasteiger partial charge in [-0.3, -0.25) is 0 Å². The first-order chi connectivity index (χ1) is 7.20. The minimum Gasteiger partial charge on any atom is -0.512 e. The number of unbranched alkanes of at least 4 members (excludes halogenated alkanes) is 2. The highest BCUT2D eigenvalue weighted by Crippen LogP contribution is 2.16. The van der Waals surface area contributed by atoms with Crippen molar-refractivity contribution in [3.63, 3.8) is 0 Å². The van der Waals surface area contributed by atoms with Crippen LogP contribution in [0.1, 0.15) is 39.0 Å². The topological polar surface area (TPSA) is 20.2 Å². The van der Waals surface area contributed by atoms with Crippen LogP contribution < -0.4 is 0 Å². The van der Waals surface area contributed by atoms with E-state index in [4.69, 9.17) is 12.2 Å². The van der Waals surface area contributed by atoms with E-state index in [0.29, 0.717) is 5.76 Å². The molecule has 82 valence electrons. The van der Waals surface area contributed by atoms with Crippen molar-refractivity contribution < 1.29 is 5.11 Å². The summed E-state index contributed by atoms with van der Waals surface area (Å²) in [5.41, 5.74) is 0.959. The maximum absolute atomic E-state index is 9.71. The van der Waals surface area contributed by atoms with Gasteiger partial charge in [-0.25, -0.2) is 0 Å². The molecular formula is C13H18OS. The molecule has 1 nitrogen and oxygen atoms in total. The minimum atomic E-state index is 0.513. The lowest BCUT2D eigenvalue weighted by molar-refractivity contribution is 0.378. The van der Waals surface area contributed by atoms with Crippen molar-refractivity contribution in [2.75, 3.05) is 0 Å². The molecule has 2 heteroatoms. The summed E-state index contributed by atoms with van der Waals surface area (Å²) in [6.45, 7) is 1.99. The number of rotatable bonds is 6. The third-order valence-electron chi connectivity index (χ3n) is 2.44. The van der Waals surface area contributed by atoms with Crippen molar-refractivity contribution in [1.82, 2.24) is 0 Å². The second kappa shape index (κ2) is 6.57. The highest BCUT2D eigenvalue weighted by atomic mass is 32.1. The van der Waals surface area contributed by atoms with Gasteiger partial charge in [-0.2, -0.15) is 0 Å². The second-order valence-corrected chi connectivity index (χ2v) is 4.58. The number of allylic oxidation sites excluding steroid dienone is 6. The Morgan fingerprint density at radius 3 is 2.33 bits per heavy atom. The molecule has 0 spiro atoms. The first kappa shape index (κ1) is 12.2. The fourth-order valence-corrected chi connectivity index (χ4v) is 1.70. The van der Waals surface area contributed by atoms with E-state index in [1.807, 2.05) is 31.2 Å². The summed E-state index contributed by atoms with van der Waals surface area (Å²) >= 11 is 5.01. The molecule has 1 aliphatic carbocycles. The Bertz CT molecular complexity index is 296. The quantitative estimate of drug-likeness (QED) is 0.411. The summed E-state index contributed by atoms with van der Waals surface area (Å²) < 4.78 is 0. The molecule has 1 rings (SSSR count). The monoisotopic (exact) mass is 222 g/mol. The molecule has 0 bridgehead atoms. The summed E-state index contributed by atoms with van der Waals surface area (Å²) in [6.07, 6.45) is 12.9. The van der Waals surface area contributed by atoms with Gasteiger partial charge in [0.05, 0.1) is 5.76 Å². The fraction of sp³-hybridized carbons (Fsp3) is 0.462. The summed E-state index contributed by atoms with van der Waals surface area (Å²) in [6, 6.07) is 0. The predicted molar refractivity (Wildman–Crippen MR) is 69.3 cm³/mol. The van der Waals surface area contributed by atoms with Gasteiger partial charge in [0.1, 0.15) is 0 Å².